The van der Waals surface area contributed by atoms with E-state index in [1.54, 1.807) is 48.5 Å². The lowest BCUT2D eigenvalue weighted by Crippen LogP contribution is -2.52. The molecule has 0 aliphatic carbocycles. The highest BCUT2D eigenvalue weighted by Crippen LogP contribution is 2.19. The van der Waals surface area contributed by atoms with Gasteiger partial charge >= 0.3 is 24.1 Å². The third-order valence-electron chi connectivity index (χ3n) is 3.82. The molecule has 9 nitrogen and oxygen atoms in total. The van der Waals surface area contributed by atoms with E-state index in [9.17, 15) is 24.3 Å². The van der Waals surface area contributed by atoms with Crippen molar-refractivity contribution in [3.8, 4) is 0 Å². The maximum Gasteiger partial charge on any atom is 0.419 e. The summed E-state index contributed by atoms with van der Waals surface area (Å²) in [6.07, 6.45) is -1.28. The molecule has 0 saturated carbocycles. The number of amides is 3. The maximum absolute atomic E-state index is 12.9. The van der Waals surface area contributed by atoms with Crippen LogP contribution in [0.15, 0.2) is 24.3 Å². The van der Waals surface area contributed by atoms with Crippen molar-refractivity contribution in [3.63, 3.8) is 0 Å². The van der Waals surface area contributed by atoms with Crippen LogP contribution in [0.1, 0.15) is 65.2 Å². The Morgan fingerprint density at radius 3 is 2.00 bits per heavy atom. The molecular formula is C22H32N2O7. The zero-order valence-corrected chi connectivity index (χ0v) is 19.1. The molecule has 1 rings (SSSR count). The van der Waals surface area contributed by atoms with Crippen LogP contribution in [0, 0.1) is 5.92 Å². The molecule has 0 saturated heterocycles. The Morgan fingerprint density at radius 1 is 1.03 bits per heavy atom. The van der Waals surface area contributed by atoms with E-state index in [0.717, 1.165) is 0 Å². The van der Waals surface area contributed by atoms with E-state index in [1.165, 1.54) is 24.3 Å². The second kappa shape index (κ2) is 10.8. The van der Waals surface area contributed by atoms with Gasteiger partial charge in [0.2, 0.25) is 0 Å². The molecule has 1 aromatic carbocycles. The largest absolute Gasteiger partial charge is 0.480 e. The number of nitrogens with zero attached hydrogens (tertiary/aromatic N) is 1. The fourth-order valence-electron chi connectivity index (χ4n) is 2.58. The van der Waals surface area contributed by atoms with Gasteiger partial charge in [-0.05, 0) is 71.2 Å². The average Bonchev–Trinajstić information content (AvgIpc) is 2.59. The summed E-state index contributed by atoms with van der Waals surface area (Å²) < 4.78 is 10.4. The molecule has 0 radical (unpaired) electrons. The van der Waals surface area contributed by atoms with Crippen LogP contribution in [0.5, 0.6) is 0 Å². The molecule has 3 amide bonds. The van der Waals surface area contributed by atoms with Crippen molar-refractivity contribution in [2.24, 2.45) is 5.92 Å². The molecule has 0 fully saturated rings. The van der Waals surface area contributed by atoms with Gasteiger partial charge in [-0.2, -0.15) is 0 Å². The van der Waals surface area contributed by atoms with Gasteiger partial charge in [0.25, 0.3) is 0 Å². The summed E-state index contributed by atoms with van der Waals surface area (Å²) in [6, 6.07) is 3.48. The topological polar surface area (TPSA) is 122 Å². The number of carboxylic acid groups (broad SMARTS) is 1. The van der Waals surface area contributed by atoms with Gasteiger partial charge in [-0.15, -0.1) is 0 Å². The molecule has 0 heterocycles. The number of carboxylic acids is 1. The van der Waals surface area contributed by atoms with Crippen molar-refractivity contribution < 1.29 is 33.8 Å². The number of esters is 1. The highest BCUT2D eigenvalue weighted by atomic mass is 16.6. The van der Waals surface area contributed by atoms with Crippen LogP contribution in [0.3, 0.4) is 0 Å². The Balaban J connectivity index is 3.12. The first-order chi connectivity index (χ1) is 14.2. The van der Waals surface area contributed by atoms with Gasteiger partial charge in [0, 0.05) is 5.69 Å². The van der Waals surface area contributed by atoms with Gasteiger partial charge in [0.05, 0.1) is 11.7 Å². The molecule has 2 N–H and O–H groups in total. The van der Waals surface area contributed by atoms with Crippen LogP contribution in [0.4, 0.5) is 15.3 Å². The summed E-state index contributed by atoms with van der Waals surface area (Å²) in [5.74, 6) is -1.92. The number of carbonyl (C=O) groups is 4. The van der Waals surface area contributed by atoms with Crippen LogP contribution in [0.2, 0.25) is 0 Å². The third kappa shape index (κ3) is 8.65. The first-order valence-electron chi connectivity index (χ1n) is 10.1. The molecule has 0 aromatic heterocycles. The number of rotatable bonds is 7. The van der Waals surface area contributed by atoms with Crippen LogP contribution in [-0.2, 0) is 14.3 Å². The number of hydrogen-bond donors (Lipinski definition) is 2. The van der Waals surface area contributed by atoms with E-state index >= 15 is 0 Å². The highest BCUT2D eigenvalue weighted by Gasteiger charge is 2.38. The lowest BCUT2D eigenvalue weighted by Gasteiger charge is -2.30. The lowest BCUT2D eigenvalue weighted by atomic mass is 10.0. The first kappa shape index (κ1) is 25.9. The van der Waals surface area contributed by atoms with Crippen LogP contribution in [0.25, 0.3) is 0 Å². The van der Waals surface area contributed by atoms with Gasteiger partial charge in [-0.25, -0.2) is 24.1 Å². The zero-order valence-electron chi connectivity index (χ0n) is 19.1. The molecule has 31 heavy (non-hydrogen) atoms. The molecule has 9 heteroatoms. The molecule has 0 bridgehead atoms. The number of aliphatic carboxylic acids is 1. The zero-order chi connectivity index (χ0) is 23.9. The summed E-state index contributed by atoms with van der Waals surface area (Å²) in [4.78, 5) is 49.9. The molecule has 0 unspecified atom stereocenters. The monoisotopic (exact) mass is 436 g/mol. The van der Waals surface area contributed by atoms with Crippen molar-refractivity contribution in [1.29, 1.82) is 0 Å². The van der Waals surface area contributed by atoms with Gasteiger partial charge in [-0.3, -0.25) is 0 Å². The minimum atomic E-state index is -1.41. The van der Waals surface area contributed by atoms with Crippen molar-refractivity contribution >= 4 is 29.8 Å². The van der Waals surface area contributed by atoms with Gasteiger partial charge < -0.3 is 19.9 Å². The summed E-state index contributed by atoms with van der Waals surface area (Å²) in [6.45, 7) is 11.9. The minimum Gasteiger partial charge on any atom is -0.480 e. The Bertz CT molecular complexity index is 795. The predicted molar refractivity (Wildman–Crippen MR) is 115 cm³/mol. The van der Waals surface area contributed by atoms with Crippen LogP contribution in [-0.4, -0.2) is 51.8 Å². The Kier molecular flexibility index (Phi) is 9.02. The molecule has 0 spiro atoms. The number of benzene rings is 1. The van der Waals surface area contributed by atoms with Crippen molar-refractivity contribution in [2.75, 3.05) is 5.32 Å². The number of nitrogens with one attached hydrogen (secondary N) is 1. The number of carbonyl (C=O) groups excluding carboxylic acids is 3. The fraction of sp³-hybridized carbons (Fsp3) is 0.545. The van der Waals surface area contributed by atoms with E-state index < -0.39 is 35.7 Å². The molecule has 0 aliphatic heterocycles. The first-order valence-corrected chi connectivity index (χ1v) is 10.1. The number of urea groups is 1. The molecule has 0 aliphatic rings. The maximum atomic E-state index is 12.9. The Morgan fingerprint density at radius 2 is 1.58 bits per heavy atom. The number of imide groups is 1. The van der Waals surface area contributed by atoms with E-state index in [1.807, 2.05) is 0 Å². The Hall–Kier alpha value is -3.10. The number of anilines is 1. The van der Waals surface area contributed by atoms with Crippen LogP contribution < -0.4 is 5.32 Å². The number of hydrogen-bond acceptors (Lipinski definition) is 6. The standard InChI is InChI=1S/C22H32N2O7/c1-13(2)12-17(18(25)26)24(21(29)31-22(5,6)7)20(28)23-16-10-8-15(9-11-16)19(27)30-14(3)4/h8-11,13-14,17H,12H2,1-7H3,(H,23,28)(H,25,26)/t17-/m0/s1. The van der Waals surface area contributed by atoms with Gasteiger partial charge in [-0.1, -0.05) is 13.8 Å². The number of ether oxygens (including phenoxy) is 2. The third-order valence-corrected chi connectivity index (χ3v) is 3.82. The lowest BCUT2D eigenvalue weighted by molar-refractivity contribution is -0.142. The van der Waals surface area contributed by atoms with Crippen molar-refractivity contribution in [2.45, 2.75) is 72.6 Å². The molecule has 172 valence electrons. The SMILES string of the molecule is CC(C)C[C@@H](C(=O)O)N(C(=O)Nc1ccc(C(=O)OC(C)C)cc1)C(=O)OC(C)(C)C. The smallest absolute Gasteiger partial charge is 0.419 e. The summed E-state index contributed by atoms with van der Waals surface area (Å²) >= 11 is 0. The van der Waals surface area contributed by atoms with Crippen molar-refractivity contribution in [1.82, 2.24) is 4.90 Å². The summed E-state index contributed by atoms with van der Waals surface area (Å²) in [7, 11) is 0. The van der Waals surface area contributed by atoms with E-state index in [4.69, 9.17) is 9.47 Å². The molecule has 1 aromatic rings. The summed E-state index contributed by atoms with van der Waals surface area (Å²) in [5, 5.41) is 12.1. The van der Waals surface area contributed by atoms with Crippen molar-refractivity contribution in [3.05, 3.63) is 29.8 Å². The Labute approximate surface area is 182 Å². The van der Waals surface area contributed by atoms with E-state index in [0.29, 0.717) is 10.5 Å². The highest BCUT2D eigenvalue weighted by molar-refractivity contribution is 6.02. The van der Waals surface area contributed by atoms with E-state index in [2.05, 4.69) is 5.32 Å². The van der Waals surface area contributed by atoms with Gasteiger partial charge in [0.1, 0.15) is 11.6 Å². The molecule has 1 atom stereocenters. The minimum absolute atomic E-state index is 0.0575. The van der Waals surface area contributed by atoms with E-state index in [-0.39, 0.29) is 24.1 Å². The molecular weight excluding hydrogens is 404 g/mol. The summed E-state index contributed by atoms with van der Waals surface area (Å²) in [5.41, 5.74) is -0.359. The normalized spacial score (nSPS) is 12.3. The average molecular weight is 437 g/mol. The second-order valence-corrected chi connectivity index (χ2v) is 8.80. The second-order valence-electron chi connectivity index (χ2n) is 8.80. The predicted octanol–water partition coefficient (Wildman–Crippen LogP) is 4.52. The quantitative estimate of drug-likeness (QED) is 0.603. The van der Waals surface area contributed by atoms with Crippen LogP contribution >= 0.6 is 0 Å². The van der Waals surface area contributed by atoms with Gasteiger partial charge in [0.15, 0.2) is 0 Å². The fourth-order valence-corrected chi connectivity index (χ4v) is 2.58.